The van der Waals surface area contributed by atoms with E-state index in [9.17, 15) is 13.2 Å². The predicted octanol–water partition coefficient (Wildman–Crippen LogP) is 5.01. The molecule has 0 aliphatic heterocycles. The quantitative estimate of drug-likeness (QED) is 0.627. The fraction of sp³-hybridized carbons (Fsp3) is 0.286. The Hall–Kier alpha value is -2.31. The lowest BCUT2D eigenvalue weighted by Gasteiger charge is -2.14. The number of sulfonamides is 1. The minimum atomic E-state index is -3.82. The summed E-state index contributed by atoms with van der Waals surface area (Å²) in [5.41, 5.74) is 4.23. The highest BCUT2D eigenvalue weighted by molar-refractivity contribution is 7.92. The van der Waals surface area contributed by atoms with Crippen molar-refractivity contribution < 1.29 is 13.2 Å². The first-order valence-electron chi connectivity index (χ1n) is 9.30. The van der Waals surface area contributed by atoms with Gasteiger partial charge in [0.1, 0.15) is 0 Å². The van der Waals surface area contributed by atoms with Gasteiger partial charge in [-0.25, -0.2) is 8.42 Å². The van der Waals surface area contributed by atoms with E-state index in [2.05, 4.69) is 9.71 Å². The summed E-state index contributed by atoms with van der Waals surface area (Å²) in [6.07, 6.45) is 2.70. The Morgan fingerprint density at radius 1 is 1.18 bits per heavy atom. The van der Waals surface area contributed by atoms with Crippen LogP contribution in [0.15, 0.2) is 35.2 Å². The van der Waals surface area contributed by atoms with Crippen LogP contribution in [-0.2, 0) is 22.9 Å². The van der Waals surface area contributed by atoms with E-state index in [1.807, 2.05) is 19.9 Å². The van der Waals surface area contributed by atoms with Crippen molar-refractivity contribution in [3.05, 3.63) is 57.7 Å². The first-order valence-corrected chi connectivity index (χ1v) is 11.2. The van der Waals surface area contributed by atoms with Gasteiger partial charge in [-0.05, 0) is 61.6 Å². The topological polar surface area (TPSA) is 79.0 Å². The molecular weight excluding hydrogens is 396 g/mol. The molecule has 4 rings (SSSR count). The number of Topliss-reactive ketones (excluding diaryl/α,β-unsaturated/α-hetero) is 1. The Balaban J connectivity index is 1.85. The van der Waals surface area contributed by atoms with Crippen LogP contribution >= 0.6 is 11.6 Å². The number of aromatic amines is 1. The van der Waals surface area contributed by atoms with E-state index in [0.717, 1.165) is 35.0 Å². The Morgan fingerprint density at radius 3 is 2.71 bits per heavy atom. The summed E-state index contributed by atoms with van der Waals surface area (Å²) in [5.74, 6) is 0.123. The third kappa shape index (κ3) is 3.20. The summed E-state index contributed by atoms with van der Waals surface area (Å²) in [6.45, 7) is 3.73. The molecule has 0 amide bonds. The zero-order chi connectivity index (χ0) is 20.1. The van der Waals surface area contributed by atoms with Crippen LogP contribution in [-0.4, -0.2) is 19.2 Å². The Morgan fingerprint density at radius 2 is 1.96 bits per heavy atom. The number of rotatable bonds is 4. The molecule has 1 aliphatic carbocycles. The molecule has 1 heterocycles. The minimum absolute atomic E-state index is 0.123. The standard InChI is InChI=1S/C21H21ClN2O3S/c1-3-13-9-15-18(23-16-5-4-6-19(25)21(15)16)11-20(13)28(26,27)24-17-10-14(22)8-7-12(17)2/h7-11,23-24H,3-6H2,1-2H3. The fourth-order valence-electron chi connectivity index (χ4n) is 3.81. The molecule has 0 radical (unpaired) electrons. The molecule has 146 valence electrons. The zero-order valence-electron chi connectivity index (χ0n) is 15.7. The number of ketones is 1. The Labute approximate surface area is 169 Å². The van der Waals surface area contributed by atoms with Gasteiger partial charge in [0.25, 0.3) is 10.0 Å². The van der Waals surface area contributed by atoms with Gasteiger partial charge in [-0.15, -0.1) is 0 Å². The molecule has 28 heavy (non-hydrogen) atoms. The molecule has 7 heteroatoms. The lowest BCUT2D eigenvalue weighted by molar-refractivity contribution is 0.0974. The number of hydrogen-bond acceptors (Lipinski definition) is 3. The highest BCUT2D eigenvalue weighted by atomic mass is 35.5. The second kappa shape index (κ2) is 6.94. The molecule has 0 atom stereocenters. The van der Waals surface area contributed by atoms with Gasteiger partial charge in [0, 0.05) is 33.6 Å². The number of anilines is 1. The third-order valence-electron chi connectivity index (χ3n) is 5.28. The van der Waals surface area contributed by atoms with Gasteiger partial charge >= 0.3 is 0 Å². The normalized spacial score (nSPS) is 14.3. The summed E-state index contributed by atoms with van der Waals surface area (Å²) in [7, 11) is -3.82. The maximum Gasteiger partial charge on any atom is 0.262 e. The van der Waals surface area contributed by atoms with Gasteiger partial charge in [0.15, 0.2) is 5.78 Å². The number of fused-ring (bicyclic) bond motifs is 3. The lowest BCUT2D eigenvalue weighted by Crippen LogP contribution is -2.16. The smallest absolute Gasteiger partial charge is 0.262 e. The fourth-order valence-corrected chi connectivity index (χ4v) is 5.42. The van der Waals surface area contributed by atoms with Crippen LogP contribution < -0.4 is 4.72 Å². The first kappa shape index (κ1) is 19.0. The largest absolute Gasteiger partial charge is 0.358 e. The molecule has 0 fully saturated rings. The molecule has 0 bridgehead atoms. The summed E-state index contributed by atoms with van der Waals surface area (Å²) >= 11 is 6.03. The van der Waals surface area contributed by atoms with Gasteiger partial charge in [0.05, 0.1) is 10.6 Å². The van der Waals surface area contributed by atoms with Crippen molar-refractivity contribution >= 4 is 44.0 Å². The number of aryl methyl sites for hydroxylation is 3. The van der Waals surface area contributed by atoms with E-state index in [4.69, 9.17) is 11.6 Å². The molecule has 1 aromatic heterocycles. The van der Waals surface area contributed by atoms with Crippen molar-refractivity contribution in [1.82, 2.24) is 4.98 Å². The van der Waals surface area contributed by atoms with Gasteiger partial charge in [-0.3, -0.25) is 9.52 Å². The molecule has 1 aliphatic rings. The van der Waals surface area contributed by atoms with Gasteiger partial charge in [-0.2, -0.15) is 0 Å². The Bertz CT molecular complexity index is 1210. The molecular formula is C21H21ClN2O3S. The van der Waals surface area contributed by atoms with Crippen LogP contribution in [0.25, 0.3) is 10.9 Å². The van der Waals surface area contributed by atoms with Gasteiger partial charge < -0.3 is 4.98 Å². The van der Waals surface area contributed by atoms with Crippen LogP contribution in [0, 0.1) is 6.92 Å². The molecule has 0 spiro atoms. The zero-order valence-corrected chi connectivity index (χ0v) is 17.3. The van der Waals surface area contributed by atoms with Crippen molar-refractivity contribution in [2.24, 2.45) is 0 Å². The lowest BCUT2D eigenvalue weighted by atomic mass is 9.94. The second-order valence-electron chi connectivity index (χ2n) is 7.18. The monoisotopic (exact) mass is 416 g/mol. The maximum absolute atomic E-state index is 13.2. The molecule has 3 aromatic rings. The van der Waals surface area contributed by atoms with Gasteiger partial charge in [-0.1, -0.05) is 24.6 Å². The number of nitrogens with one attached hydrogen (secondary N) is 2. The number of halogens is 1. The predicted molar refractivity (Wildman–Crippen MR) is 112 cm³/mol. The van der Waals surface area contributed by atoms with E-state index >= 15 is 0 Å². The van der Waals surface area contributed by atoms with E-state index < -0.39 is 10.0 Å². The van der Waals surface area contributed by atoms with Crippen molar-refractivity contribution in [2.45, 2.75) is 44.4 Å². The van der Waals surface area contributed by atoms with Crippen LogP contribution in [0.3, 0.4) is 0 Å². The van der Waals surface area contributed by atoms with Crippen molar-refractivity contribution in [2.75, 3.05) is 4.72 Å². The van der Waals surface area contributed by atoms with E-state index in [1.54, 1.807) is 24.3 Å². The number of H-pyrrole nitrogens is 1. The number of carbonyl (C=O) groups excluding carboxylic acids is 1. The van der Waals surface area contributed by atoms with Crippen molar-refractivity contribution in [1.29, 1.82) is 0 Å². The first-order chi connectivity index (χ1) is 13.3. The maximum atomic E-state index is 13.2. The number of hydrogen-bond donors (Lipinski definition) is 2. The van der Waals surface area contributed by atoms with Crippen LogP contribution in [0.4, 0.5) is 5.69 Å². The molecule has 0 saturated heterocycles. The molecule has 0 saturated carbocycles. The van der Waals surface area contributed by atoms with Crippen LogP contribution in [0.5, 0.6) is 0 Å². The SMILES string of the molecule is CCc1cc2c3c([nH]c2cc1S(=O)(=O)Nc1cc(Cl)ccc1C)CCCC3=O. The van der Waals surface area contributed by atoms with Gasteiger partial charge in [0.2, 0.25) is 0 Å². The molecule has 5 nitrogen and oxygen atoms in total. The molecule has 0 unspecified atom stereocenters. The second-order valence-corrected chi connectivity index (χ2v) is 9.27. The van der Waals surface area contributed by atoms with Crippen molar-refractivity contribution in [3.8, 4) is 0 Å². The molecule has 2 aromatic carbocycles. The summed E-state index contributed by atoms with van der Waals surface area (Å²) in [6, 6.07) is 8.58. The van der Waals surface area contributed by atoms with E-state index in [0.29, 0.717) is 34.6 Å². The Kier molecular flexibility index (Phi) is 4.71. The van der Waals surface area contributed by atoms with E-state index in [-0.39, 0.29) is 10.7 Å². The summed E-state index contributed by atoms with van der Waals surface area (Å²) < 4.78 is 29.0. The minimum Gasteiger partial charge on any atom is -0.358 e. The number of benzene rings is 2. The average Bonchev–Trinajstić information content (AvgIpc) is 3.02. The summed E-state index contributed by atoms with van der Waals surface area (Å²) in [5, 5.41) is 1.28. The highest BCUT2D eigenvalue weighted by Gasteiger charge is 2.26. The van der Waals surface area contributed by atoms with Crippen molar-refractivity contribution in [3.63, 3.8) is 0 Å². The number of carbonyl (C=O) groups is 1. The van der Waals surface area contributed by atoms with E-state index in [1.165, 1.54) is 0 Å². The number of aromatic nitrogens is 1. The average molecular weight is 417 g/mol. The molecule has 2 N–H and O–H groups in total. The summed E-state index contributed by atoms with van der Waals surface area (Å²) in [4.78, 5) is 15.9. The van der Waals surface area contributed by atoms with Crippen LogP contribution in [0.2, 0.25) is 5.02 Å². The van der Waals surface area contributed by atoms with Crippen LogP contribution in [0.1, 0.15) is 46.9 Å². The third-order valence-corrected chi connectivity index (χ3v) is 6.96. The highest BCUT2D eigenvalue weighted by Crippen LogP contribution is 2.33.